The number of anilines is 1. The summed E-state index contributed by atoms with van der Waals surface area (Å²) in [6.07, 6.45) is 1.50. The summed E-state index contributed by atoms with van der Waals surface area (Å²) in [5, 5.41) is 0.701. The van der Waals surface area contributed by atoms with Crippen molar-refractivity contribution >= 4 is 23.3 Å². The van der Waals surface area contributed by atoms with E-state index in [0.29, 0.717) is 23.2 Å². The summed E-state index contributed by atoms with van der Waals surface area (Å²) < 4.78 is 5.88. The Morgan fingerprint density at radius 1 is 1.21 bits per heavy atom. The quantitative estimate of drug-likeness (QED) is 0.765. The molecule has 0 bridgehead atoms. The van der Waals surface area contributed by atoms with E-state index in [-0.39, 0.29) is 17.4 Å². The van der Waals surface area contributed by atoms with Gasteiger partial charge >= 0.3 is 0 Å². The molecule has 0 unspecified atom stereocenters. The first-order chi connectivity index (χ1) is 13.1. The highest BCUT2D eigenvalue weighted by Gasteiger charge is 2.34. The molecular weight excluding hydrogens is 376 g/mol. The molecule has 6 nitrogen and oxygen atoms in total. The van der Waals surface area contributed by atoms with Crippen LogP contribution in [0, 0.1) is 12.3 Å². The number of hydrogen-bond acceptors (Lipinski definition) is 5. The fourth-order valence-electron chi connectivity index (χ4n) is 3.26. The van der Waals surface area contributed by atoms with E-state index in [4.69, 9.17) is 16.3 Å². The van der Waals surface area contributed by atoms with E-state index in [2.05, 4.69) is 21.8 Å². The van der Waals surface area contributed by atoms with Crippen molar-refractivity contribution in [1.82, 2.24) is 14.9 Å². The standard InChI is InChI=1S/C21H27ClN4O2/c1-14-10-16(6-7-17(14)22)28-19-11-18(23-13-24-19)25-8-9-26(15(2)12-25)20(27)21(3,4)5/h6-7,10-11,13,15H,8-9,12H2,1-5H3/t15-/m0/s1. The maximum Gasteiger partial charge on any atom is 0.228 e. The molecule has 2 heterocycles. The monoisotopic (exact) mass is 402 g/mol. The summed E-state index contributed by atoms with van der Waals surface area (Å²) in [7, 11) is 0. The van der Waals surface area contributed by atoms with Crippen LogP contribution in [0.15, 0.2) is 30.6 Å². The predicted molar refractivity (Wildman–Crippen MR) is 111 cm³/mol. The van der Waals surface area contributed by atoms with Gasteiger partial charge in [-0.15, -0.1) is 0 Å². The maximum atomic E-state index is 12.6. The Kier molecular flexibility index (Phi) is 5.79. The predicted octanol–water partition coefficient (Wildman–Crippen LogP) is 4.31. The Morgan fingerprint density at radius 3 is 2.61 bits per heavy atom. The number of aromatic nitrogens is 2. The molecule has 150 valence electrons. The average molecular weight is 403 g/mol. The molecule has 1 saturated heterocycles. The van der Waals surface area contributed by atoms with Gasteiger partial charge in [0.2, 0.25) is 11.8 Å². The summed E-state index contributed by atoms with van der Waals surface area (Å²) in [4.78, 5) is 25.4. The van der Waals surface area contributed by atoms with Gasteiger partial charge in [0, 0.05) is 42.2 Å². The first-order valence-electron chi connectivity index (χ1n) is 9.47. The number of amides is 1. The summed E-state index contributed by atoms with van der Waals surface area (Å²) in [5.74, 6) is 2.14. The van der Waals surface area contributed by atoms with Crippen LogP contribution in [0.4, 0.5) is 5.82 Å². The van der Waals surface area contributed by atoms with Crippen LogP contribution >= 0.6 is 11.6 Å². The fraction of sp³-hybridized carbons (Fsp3) is 0.476. The SMILES string of the molecule is Cc1cc(Oc2cc(N3CCN(C(=O)C(C)(C)C)[C@@H](C)C3)ncn2)ccc1Cl. The lowest BCUT2D eigenvalue weighted by Crippen LogP contribution is -2.56. The highest BCUT2D eigenvalue weighted by Crippen LogP contribution is 2.28. The molecule has 1 fully saturated rings. The normalized spacial score (nSPS) is 17.6. The van der Waals surface area contributed by atoms with Gasteiger partial charge < -0.3 is 14.5 Å². The lowest BCUT2D eigenvalue weighted by atomic mass is 9.93. The van der Waals surface area contributed by atoms with Crippen molar-refractivity contribution < 1.29 is 9.53 Å². The van der Waals surface area contributed by atoms with Gasteiger partial charge in [0.15, 0.2) is 0 Å². The van der Waals surface area contributed by atoms with E-state index in [1.54, 1.807) is 0 Å². The number of rotatable bonds is 3. The molecular formula is C21H27ClN4O2. The van der Waals surface area contributed by atoms with Gasteiger partial charge in [-0.25, -0.2) is 9.97 Å². The van der Waals surface area contributed by atoms with Crippen LogP contribution in [0.25, 0.3) is 0 Å². The van der Waals surface area contributed by atoms with Gasteiger partial charge in [-0.3, -0.25) is 4.79 Å². The van der Waals surface area contributed by atoms with E-state index < -0.39 is 0 Å². The van der Waals surface area contributed by atoms with E-state index >= 15 is 0 Å². The number of piperazine rings is 1. The number of benzene rings is 1. The number of nitrogens with zero attached hydrogens (tertiary/aromatic N) is 4. The number of carbonyl (C=O) groups is 1. The zero-order valence-corrected chi connectivity index (χ0v) is 17.8. The van der Waals surface area contributed by atoms with Crippen LogP contribution in [0.2, 0.25) is 5.02 Å². The smallest absolute Gasteiger partial charge is 0.228 e. The Bertz CT molecular complexity index is 866. The van der Waals surface area contributed by atoms with Gasteiger partial charge in [-0.05, 0) is 37.6 Å². The van der Waals surface area contributed by atoms with Crippen molar-refractivity contribution in [2.24, 2.45) is 5.41 Å². The topological polar surface area (TPSA) is 58.6 Å². The third-order valence-corrected chi connectivity index (χ3v) is 5.26. The molecule has 7 heteroatoms. The molecule has 0 saturated carbocycles. The summed E-state index contributed by atoms with van der Waals surface area (Å²) >= 11 is 6.07. The fourth-order valence-corrected chi connectivity index (χ4v) is 3.38. The number of halogens is 1. The van der Waals surface area contributed by atoms with Crippen LogP contribution in [-0.4, -0.2) is 46.5 Å². The molecule has 0 aliphatic carbocycles. The first-order valence-corrected chi connectivity index (χ1v) is 9.85. The first kappa shape index (κ1) is 20.4. The number of carbonyl (C=O) groups excluding carboxylic acids is 1. The third-order valence-electron chi connectivity index (χ3n) is 4.83. The lowest BCUT2D eigenvalue weighted by Gasteiger charge is -2.42. The summed E-state index contributed by atoms with van der Waals surface area (Å²) in [5.41, 5.74) is 0.574. The molecule has 1 aromatic carbocycles. The molecule has 1 aliphatic rings. The molecule has 3 rings (SSSR count). The molecule has 1 atom stereocenters. The molecule has 0 N–H and O–H groups in total. The van der Waals surface area contributed by atoms with E-state index in [9.17, 15) is 4.79 Å². The minimum atomic E-state index is -0.372. The van der Waals surface area contributed by atoms with Gasteiger partial charge in [-0.1, -0.05) is 32.4 Å². The molecule has 0 spiro atoms. The van der Waals surface area contributed by atoms with Crippen LogP contribution in [0.1, 0.15) is 33.3 Å². The zero-order chi connectivity index (χ0) is 20.5. The minimum Gasteiger partial charge on any atom is -0.439 e. The van der Waals surface area contributed by atoms with Gasteiger partial charge in [0.25, 0.3) is 0 Å². The van der Waals surface area contributed by atoms with Crippen LogP contribution < -0.4 is 9.64 Å². The highest BCUT2D eigenvalue weighted by molar-refractivity contribution is 6.31. The molecule has 28 heavy (non-hydrogen) atoms. The summed E-state index contributed by atoms with van der Waals surface area (Å²) in [6.45, 7) is 12.0. The van der Waals surface area contributed by atoms with E-state index in [1.165, 1.54) is 6.33 Å². The Morgan fingerprint density at radius 2 is 1.96 bits per heavy atom. The molecule has 1 aliphatic heterocycles. The maximum absolute atomic E-state index is 12.6. The number of hydrogen-bond donors (Lipinski definition) is 0. The Hall–Kier alpha value is -2.34. The lowest BCUT2D eigenvalue weighted by molar-refractivity contribution is -0.142. The third kappa shape index (κ3) is 4.55. The van der Waals surface area contributed by atoms with Crippen molar-refractivity contribution in [3.63, 3.8) is 0 Å². The highest BCUT2D eigenvalue weighted by atomic mass is 35.5. The minimum absolute atomic E-state index is 0.110. The van der Waals surface area contributed by atoms with Crippen molar-refractivity contribution in [2.45, 2.75) is 40.7 Å². The Balaban J connectivity index is 1.71. The van der Waals surface area contributed by atoms with Gasteiger partial charge in [-0.2, -0.15) is 0 Å². The molecule has 1 aromatic heterocycles. The van der Waals surface area contributed by atoms with Crippen LogP contribution in [0.5, 0.6) is 11.6 Å². The molecule has 2 aromatic rings. The van der Waals surface area contributed by atoms with Gasteiger partial charge in [0.1, 0.15) is 17.9 Å². The zero-order valence-electron chi connectivity index (χ0n) is 17.1. The van der Waals surface area contributed by atoms with Gasteiger partial charge in [0.05, 0.1) is 0 Å². The van der Waals surface area contributed by atoms with E-state index in [1.807, 2.05) is 56.9 Å². The van der Waals surface area contributed by atoms with Crippen molar-refractivity contribution in [2.75, 3.05) is 24.5 Å². The van der Waals surface area contributed by atoms with Crippen LogP contribution in [-0.2, 0) is 4.79 Å². The second-order valence-electron chi connectivity index (χ2n) is 8.27. The van der Waals surface area contributed by atoms with Crippen LogP contribution in [0.3, 0.4) is 0 Å². The largest absolute Gasteiger partial charge is 0.439 e. The second kappa shape index (κ2) is 7.95. The summed E-state index contributed by atoms with van der Waals surface area (Å²) in [6, 6.07) is 7.44. The average Bonchev–Trinajstić information content (AvgIpc) is 2.63. The van der Waals surface area contributed by atoms with Crippen molar-refractivity contribution in [3.8, 4) is 11.6 Å². The van der Waals surface area contributed by atoms with Crippen molar-refractivity contribution in [3.05, 3.63) is 41.2 Å². The second-order valence-corrected chi connectivity index (χ2v) is 8.68. The van der Waals surface area contributed by atoms with E-state index in [0.717, 1.165) is 24.5 Å². The molecule has 0 radical (unpaired) electrons. The number of aryl methyl sites for hydroxylation is 1. The Labute approximate surface area is 171 Å². The van der Waals surface area contributed by atoms with Crippen molar-refractivity contribution in [1.29, 1.82) is 0 Å². The molecule has 1 amide bonds. The number of ether oxygens (including phenoxy) is 1.